The summed E-state index contributed by atoms with van der Waals surface area (Å²) in [6, 6.07) is -0.0622. The molecule has 0 saturated carbocycles. The summed E-state index contributed by atoms with van der Waals surface area (Å²) in [6.07, 6.45) is 4.95. The number of aliphatic carboxylic acids is 1. The number of hydrogen-bond acceptors (Lipinski definition) is 3. The summed E-state index contributed by atoms with van der Waals surface area (Å²) in [5, 5.41) is 14.3. The average Bonchev–Trinajstić information content (AvgIpc) is 2.89. The van der Waals surface area contributed by atoms with Gasteiger partial charge in [-0.1, -0.05) is 0 Å². The van der Waals surface area contributed by atoms with Crippen LogP contribution in [0.3, 0.4) is 0 Å². The Bertz CT molecular complexity index is 348. The van der Waals surface area contributed by atoms with Crippen molar-refractivity contribution in [2.45, 2.75) is 69.7 Å². The van der Waals surface area contributed by atoms with Gasteiger partial charge in [0.1, 0.15) is 0 Å². The van der Waals surface area contributed by atoms with Crippen molar-refractivity contribution in [1.29, 1.82) is 0 Å². The molecule has 0 aromatic rings. The lowest BCUT2D eigenvalue weighted by molar-refractivity contribution is -0.137. The molecule has 4 atom stereocenters. The van der Waals surface area contributed by atoms with Crippen molar-refractivity contribution in [3.05, 3.63) is 0 Å². The average molecular weight is 270 g/mol. The maximum atomic E-state index is 11.8. The Labute approximate surface area is 112 Å². The number of urea groups is 1. The number of carboxylic acid groups (broad SMARTS) is 1. The zero-order valence-electron chi connectivity index (χ0n) is 11.2. The minimum Gasteiger partial charge on any atom is -0.481 e. The molecule has 2 rings (SSSR count). The number of carbonyl (C=O) groups excluding carboxylic acids is 1. The van der Waals surface area contributed by atoms with Crippen LogP contribution in [0.4, 0.5) is 4.79 Å². The van der Waals surface area contributed by atoms with E-state index in [0.29, 0.717) is 18.9 Å². The Morgan fingerprint density at radius 2 is 2.21 bits per heavy atom. The maximum absolute atomic E-state index is 11.8. The van der Waals surface area contributed by atoms with Gasteiger partial charge >= 0.3 is 12.0 Å². The smallest absolute Gasteiger partial charge is 0.315 e. The number of nitrogens with one attached hydrogen (secondary N) is 2. The van der Waals surface area contributed by atoms with Crippen molar-refractivity contribution >= 4 is 12.0 Å². The van der Waals surface area contributed by atoms with Crippen LogP contribution in [0.15, 0.2) is 0 Å². The van der Waals surface area contributed by atoms with Crippen LogP contribution in [0.5, 0.6) is 0 Å². The summed E-state index contributed by atoms with van der Waals surface area (Å²) in [7, 11) is 0. The fourth-order valence-electron chi connectivity index (χ4n) is 2.86. The van der Waals surface area contributed by atoms with E-state index in [1.54, 1.807) is 0 Å². The molecular formula is C13H22N2O4. The second-order valence-electron chi connectivity index (χ2n) is 5.52. The van der Waals surface area contributed by atoms with E-state index in [1.807, 2.05) is 6.92 Å². The highest BCUT2D eigenvalue weighted by molar-refractivity contribution is 5.74. The van der Waals surface area contributed by atoms with Gasteiger partial charge in [-0.2, -0.15) is 0 Å². The lowest BCUT2D eigenvalue weighted by Crippen LogP contribution is -2.48. The van der Waals surface area contributed by atoms with Crippen molar-refractivity contribution in [2.75, 3.05) is 0 Å². The van der Waals surface area contributed by atoms with Gasteiger partial charge in [-0.25, -0.2) is 4.79 Å². The molecule has 6 heteroatoms. The molecule has 6 nitrogen and oxygen atoms in total. The lowest BCUT2D eigenvalue weighted by atomic mass is 9.96. The van der Waals surface area contributed by atoms with Crippen LogP contribution >= 0.6 is 0 Å². The number of carboxylic acids is 1. The van der Waals surface area contributed by atoms with Gasteiger partial charge in [0.05, 0.1) is 18.2 Å². The SMILES string of the molecule is CC(CCCC(=O)O)NC(=O)NC1CC2CCC1O2. The predicted octanol–water partition coefficient (Wildman–Crippen LogP) is 1.25. The summed E-state index contributed by atoms with van der Waals surface area (Å²) in [6.45, 7) is 1.89. The molecular weight excluding hydrogens is 248 g/mol. The van der Waals surface area contributed by atoms with E-state index in [1.165, 1.54) is 0 Å². The van der Waals surface area contributed by atoms with Gasteiger partial charge in [0.25, 0.3) is 0 Å². The third-order valence-corrected chi connectivity index (χ3v) is 3.83. The molecule has 3 N–H and O–H groups in total. The van der Waals surface area contributed by atoms with Gasteiger partial charge < -0.3 is 20.5 Å². The quantitative estimate of drug-likeness (QED) is 0.678. The maximum Gasteiger partial charge on any atom is 0.315 e. The molecule has 0 aliphatic carbocycles. The second-order valence-corrected chi connectivity index (χ2v) is 5.52. The second kappa shape index (κ2) is 6.23. The van der Waals surface area contributed by atoms with E-state index in [-0.39, 0.29) is 30.6 Å². The highest BCUT2D eigenvalue weighted by atomic mass is 16.5. The Balaban J connectivity index is 1.62. The number of ether oxygens (including phenoxy) is 1. The van der Waals surface area contributed by atoms with E-state index in [4.69, 9.17) is 9.84 Å². The standard InChI is InChI=1S/C13H22N2O4/c1-8(3-2-4-12(16)17)14-13(18)15-10-7-9-5-6-11(10)19-9/h8-11H,2-7H2,1H3,(H,16,17)(H2,14,15,18). The van der Waals surface area contributed by atoms with E-state index in [0.717, 1.165) is 19.3 Å². The molecule has 0 radical (unpaired) electrons. The Morgan fingerprint density at radius 3 is 2.79 bits per heavy atom. The molecule has 2 aliphatic heterocycles. The van der Waals surface area contributed by atoms with Gasteiger partial charge in [0.2, 0.25) is 0 Å². The molecule has 2 fully saturated rings. The molecule has 2 heterocycles. The summed E-state index contributed by atoms with van der Waals surface area (Å²) in [5.41, 5.74) is 0. The zero-order chi connectivity index (χ0) is 13.8. The summed E-state index contributed by atoms with van der Waals surface area (Å²) >= 11 is 0. The van der Waals surface area contributed by atoms with Crippen LogP contribution in [0.25, 0.3) is 0 Å². The molecule has 19 heavy (non-hydrogen) atoms. The van der Waals surface area contributed by atoms with Crippen molar-refractivity contribution < 1.29 is 19.4 Å². The Kier molecular flexibility index (Phi) is 4.63. The van der Waals surface area contributed by atoms with Crippen molar-refractivity contribution in [1.82, 2.24) is 10.6 Å². The van der Waals surface area contributed by atoms with Gasteiger partial charge in [-0.15, -0.1) is 0 Å². The summed E-state index contributed by atoms with van der Waals surface area (Å²) in [5.74, 6) is -0.796. The molecule has 2 amide bonds. The van der Waals surface area contributed by atoms with Crippen LogP contribution in [-0.2, 0) is 9.53 Å². The highest BCUT2D eigenvalue weighted by Crippen LogP contribution is 2.34. The van der Waals surface area contributed by atoms with Gasteiger partial charge in [0.15, 0.2) is 0 Å². The first-order valence-corrected chi connectivity index (χ1v) is 6.99. The number of fused-ring (bicyclic) bond motifs is 2. The molecule has 0 aromatic carbocycles. The number of amides is 2. The molecule has 0 aromatic heterocycles. The fourth-order valence-corrected chi connectivity index (χ4v) is 2.86. The molecule has 2 aliphatic rings. The Hall–Kier alpha value is -1.30. The van der Waals surface area contributed by atoms with Gasteiger partial charge in [-0.05, 0) is 39.0 Å². The van der Waals surface area contributed by atoms with E-state index in [2.05, 4.69) is 10.6 Å². The highest BCUT2D eigenvalue weighted by Gasteiger charge is 2.41. The molecule has 0 spiro atoms. The predicted molar refractivity (Wildman–Crippen MR) is 68.9 cm³/mol. The molecule has 108 valence electrons. The normalized spacial score (nSPS) is 30.1. The van der Waals surface area contributed by atoms with Crippen LogP contribution in [0.1, 0.15) is 45.4 Å². The first kappa shape index (κ1) is 14.1. The summed E-state index contributed by atoms with van der Waals surface area (Å²) in [4.78, 5) is 22.2. The van der Waals surface area contributed by atoms with E-state index < -0.39 is 5.97 Å². The Morgan fingerprint density at radius 1 is 1.42 bits per heavy atom. The first-order valence-electron chi connectivity index (χ1n) is 6.99. The third kappa shape index (κ3) is 4.09. The fraction of sp³-hybridized carbons (Fsp3) is 0.846. The van der Waals surface area contributed by atoms with E-state index in [9.17, 15) is 9.59 Å². The largest absolute Gasteiger partial charge is 0.481 e. The van der Waals surface area contributed by atoms with Crippen molar-refractivity contribution in [2.24, 2.45) is 0 Å². The van der Waals surface area contributed by atoms with Crippen molar-refractivity contribution in [3.63, 3.8) is 0 Å². The van der Waals surface area contributed by atoms with Gasteiger partial charge in [0, 0.05) is 12.5 Å². The number of carbonyl (C=O) groups is 2. The molecule has 2 bridgehead atoms. The van der Waals surface area contributed by atoms with Crippen LogP contribution < -0.4 is 10.6 Å². The first-order chi connectivity index (χ1) is 9.04. The molecule has 4 unspecified atom stereocenters. The minimum absolute atomic E-state index is 0.0149. The lowest BCUT2D eigenvalue weighted by Gasteiger charge is -2.22. The molecule has 2 saturated heterocycles. The van der Waals surface area contributed by atoms with E-state index >= 15 is 0 Å². The van der Waals surface area contributed by atoms with Crippen LogP contribution in [0.2, 0.25) is 0 Å². The zero-order valence-corrected chi connectivity index (χ0v) is 11.2. The topological polar surface area (TPSA) is 87.7 Å². The van der Waals surface area contributed by atoms with Gasteiger partial charge in [-0.3, -0.25) is 4.79 Å². The van der Waals surface area contributed by atoms with Crippen molar-refractivity contribution in [3.8, 4) is 0 Å². The summed E-state index contributed by atoms with van der Waals surface area (Å²) < 4.78 is 5.67. The monoisotopic (exact) mass is 270 g/mol. The number of hydrogen-bond donors (Lipinski definition) is 3. The number of rotatable bonds is 6. The van der Waals surface area contributed by atoms with Crippen LogP contribution in [-0.4, -0.2) is 41.4 Å². The minimum atomic E-state index is -0.796. The van der Waals surface area contributed by atoms with Crippen LogP contribution in [0, 0.1) is 0 Å². The third-order valence-electron chi connectivity index (χ3n) is 3.83.